The average molecular weight is 240 g/mol. The third-order valence-corrected chi connectivity index (χ3v) is 4.33. The Hall–Kier alpha value is -0.450. The van der Waals surface area contributed by atoms with Crippen LogP contribution in [-0.4, -0.2) is 34.6 Å². The normalized spacial score (nSPS) is 19.2. The molecule has 90 valence electrons. The van der Waals surface area contributed by atoms with Crippen LogP contribution in [0.4, 0.5) is 0 Å². The SMILES string of the molecule is Cc1nc(C)c(C(O)CCN2CCCC2)s1. The van der Waals surface area contributed by atoms with E-state index < -0.39 is 0 Å². The minimum Gasteiger partial charge on any atom is -0.387 e. The van der Waals surface area contributed by atoms with Crippen LogP contribution in [0.3, 0.4) is 0 Å². The second-order valence-electron chi connectivity index (χ2n) is 4.54. The predicted octanol–water partition coefficient (Wildman–Crippen LogP) is 2.28. The van der Waals surface area contributed by atoms with Crippen LogP contribution in [0.25, 0.3) is 0 Å². The Morgan fingerprint density at radius 1 is 1.38 bits per heavy atom. The average Bonchev–Trinajstić information content (AvgIpc) is 2.84. The van der Waals surface area contributed by atoms with Crippen molar-refractivity contribution in [3.63, 3.8) is 0 Å². The van der Waals surface area contributed by atoms with Crippen LogP contribution in [0.2, 0.25) is 0 Å². The number of likely N-dealkylation sites (tertiary alicyclic amines) is 1. The molecule has 1 saturated heterocycles. The van der Waals surface area contributed by atoms with Crippen LogP contribution in [0.5, 0.6) is 0 Å². The molecule has 1 aromatic rings. The van der Waals surface area contributed by atoms with Crippen LogP contribution < -0.4 is 0 Å². The maximum absolute atomic E-state index is 10.1. The third-order valence-electron chi connectivity index (χ3n) is 3.16. The molecule has 16 heavy (non-hydrogen) atoms. The first kappa shape index (κ1) is 12.0. The zero-order valence-electron chi connectivity index (χ0n) is 10.1. The molecule has 1 aromatic heterocycles. The molecule has 0 bridgehead atoms. The number of hydrogen-bond donors (Lipinski definition) is 1. The van der Waals surface area contributed by atoms with E-state index in [-0.39, 0.29) is 6.10 Å². The topological polar surface area (TPSA) is 36.4 Å². The van der Waals surface area contributed by atoms with Gasteiger partial charge < -0.3 is 10.0 Å². The molecule has 1 fully saturated rings. The van der Waals surface area contributed by atoms with Crippen molar-refractivity contribution in [2.75, 3.05) is 19.6 Å². The van der Waals surface area contributed by atoms with E-state index >= 15 is 0 Å². The van der Waals surface area contributed by atoms with E-state index in [2.05, 4.69) is 9.88 Å². The molecule has 4 heteroatoms. The first-order valence-corrected chi connectivity index (χ1v) is 6.83. The van der Waals surface area contributed by atoms with Crippen LogP contribution in [0.1, 0.15) is 40.9 Å². The van der Waals surface area contributed by atoms with E-state index in [1.54, 1.807) is 11.3 Å². The summed E-state index contributed by atoms with van der Waals surface area (Å²) >= 11 is 1.63. The van der Waals surface area contributed by atoms with Crippen molar-refractivity contribution in [1.29, 1.82) is 0 Å². The monoisotopic (exact) mass is 240 g/mol. The lowest BCUT2D eigenvalue weighted by Crippen LogP contribution is -2.22. The van der Waals surface area contributed by atoms with Gasteiger partial charge in [0.25, 0.3) is 0 Å². The summed E-state index contributed by atoms with van der Waals surface area (Å²) in [6.07, 6.45) is 3.14. The molecule has 0 radical (unpaired) electrons. The second kappa shape index (κ2) is 5.25. The number of nitrogens with zero attached hydrogens (tertiary/aromatic N) is 2. The lowest BCUT2D eigenvalue weighted by Gasteiger charge is -2.16. The first-order chi connectivity index (χ1) is 7.66. The van der Waals surface area contributed by atoms with Crippen LogP contribution >= 0.6 is 11.3 Å². The Morgan fingerprint density at radius 3 is 2.62 bits per heavy atom. The molecule has 0 saturated carbocycles. The summed E-state index contributed by atoms with van der Waals surface area (Å²) in [6.45, 7) is 7.39. The van der Waals surface area contributed by atoms with Gasteiger partial charge in [0.05, 0.1) is 21.7 Å². The predicted molar refractivity (Wildman–Crippen MR) is 66.8 cm³/mol. The number of aryl methyl sites for hydroxylation is 2. The summed E-state index contributed by atoms with van der Waals surface area (Å²) < 4.78 is 0. The van der Waals surface area contributed by atoms with Crippen LogP contribution in [0.15, 0.2) is 0 Å². The Bertz CT molecular complexity index is 345. The minimum atomic E-state index is -0.327. The summed E-state index contributed by atoms with van der Waals surface area (Å²) in [7, 11) is 0. The quantitative estimate of drug-likeness (QED) is 0.877. The molecule has 3 nitrogen and oxygen atoms in total. The Morgan fingerprint density at radius 2 is 2.06 bits per heavy atom. The Balaban J connectivity index is 1.87. The van der Waals surface area contributed by atoms with E-state index in [0.717, 1.165) is 28.5 Å². The molecule has 1 N–H and O–H groups in total. The molecule has 0 spiro atoms. The molecular formula is C12H20N2OS. The number of aliphatic hydroxyl groups is 1. The maximum atomic E-state index is 10.1. The summed E-state index contributed by atoms with van der Waals surface area (Å²) in [4.78, 5) is 7.85. The summed E-state index contributed by atoms with van der Waals surface area (Å²) in [6, 6.07) is 0. The van der Waals surface area contributed by atoms with Crippen molar-refractivity contribution >= 4 is 11.3 Å². The largest absolute Gasteiger partial charge is 0.387 e. The first-order valence-electron chi connectivity index (χ1n) is 6.01. The van der Waals surface area contributed by atoms with Gasteiger partial charge >= 0.3 is 0 Å². The highest BCUT2D eigenvalue weighted by atomic mass is 32.1. The zero-order chi connectivity index (χ0) is 11.5. The van der Waals surface area contributed by atoms with Gasteiger partial charge in [0, 0.05) is 6.54 Å². The molecule has 1 aliphatic heterocycles. The van der Waals surface area contributed by atoms with Crippen LogP contribution in [-0.2, 0) is 0 Å². The molecule has 0 amide bonds. The Kier molecular flexibility index (Phi) is 3.95. The molecule has 2 heterocycles. The summed E-state index contributed by atoms with van der Waals surface area (Å²) in [5.74, 6) is 0. The number of aliphatic hydroxyl groups excluding tert-OH is 1. The molecule has 0 aromatic carbocycles. The van der Waals surface area contributed by atoms with Gasteiger partial charge in [-0.3, -0.25) is 0 Å². The maximum Gasteiger partial charge on any atom is 0.0913 e. The zero-order valence-corrected chi connectivity index (χ0v) is 10.9. The van der Waals surface area contributed by atoms with Crippen molar-refractivity contribution in [2.24, 2.45) is 0 Å². The number of aromatic nitrogens is 1. The lowest BCUT2D eigenvalue weighted by molar-refractivity contribution is 0.151. The Labute approximate surface area is 101 Å². The highest BCUT2D eigenvalue weighted by Gasteiger charge is 2.17. The van der Waals surface area contributed by atoms with E-state index in [4.69, 9.17) is 0 Å². The van der Waals surface area contributed by atoms with E-state index in [1.807, 2.05) is 13.8 Å². The van der Waals surface area contributed by atoms with Crippen molar-refractivity contribution in [1.82, 2.24) is 9.88 Å². The fraction of sp³-hybridized carbons (Fsp3) is 0.750. The van der Waals surface area contributed by atoms with Crippen molar-refractivity contribution in [2.45, 2.75) is 39.2 Å². The van der Waals surface area contributed by atoms with Gasteiger partial charge in [0.1, 0.15) is 0 Å². The van der Waals surface area contributed by atoms with Gasteiger partial charge in [0.2, 0.25) is 0 Å². The summed E-state index contributed by atoms with van der Waals surface area (Å²) in [5.41, 5.74) is 0.997. The molecule has 1 atom stereocenters. The van der Waals surface area contributed by atoms with Crippen molar-refractivity contribution in [3.8, 4) is 0 Å². The van der Waals surface area contributed by atoms with Gasteiger partial charge in [-0.05, 0) is 46.2 Å². The van der Waals surface area contributed by atoms with Crippen molar-refractivity contribution < 1.29 is 5.11 Å². The highest BCUT2D eigenvalue weighted by Crippen LogP contribution is 2.27. The van der Waals surface area contributed by atoms with Gasteiger partial charge in [-0.15, -0.1) is 11.3 Å². The van der Waals surface area contributed by atoms with Crippen molar-refractivity contribution in [3.05, 3.63) is 15.6 Å². The van der Waals surface area contributed by atoms with E-state index in [1.165, 1.54) is 25.9 Å². The summed E-state index contributed by atoms with van der Waals surface area (Å²) in [5, 5.41) is 11.2. The van der Waals surface area contributed by atoms with Gasteiger partial charge in [0.15, 0.2) is 0 Å². The molecule has 1 unspecified atom stereocenters. The van der Waals surface area contributed by atoms with Crippen LogP contribution in [0, 0.1) is 13.8 Å². The standard InChI is InChI=1S/C12H20N2OS/c1-9-12(16-10(2)13-9)11(15)5-8-14-6-3-4-7-14/h11,15H,3-8H2,1-2H3. The fourth-order valence-corrected chi connectivity index (χ4v) is 3.25. The van der Waals surface area contributed by atoms with Gasteiger partial charge in [-0.2, -0.15) is 0 Å². The highest BCUT2D eigenvalue weighted by molar-refractivity contribution is 7.11. The van der Waals surface area contributed by atoms with E-state index in [9.17, 15) is 5.11 Å². The smallest absolute Gasteiger partial charge is 0.0913 e. The van der Waals surface area contributed by atoms with E-state index in [0.29, 0.717) is 0 Å². The number of hydrogen-bond acceptors (Lipinski definition) is 4. The molecular weight excluding hydrogens is 220 g/mol. The minimum absolute atomic E-state index is 0.327. The molecule has 0 aliphatic carbocycles. The lowest BCUT2D eigenvalue weighted by atomic mass is 10.2. The second-order valence-corrected chi connectivity index (χ2v) is 5.77. The van der Waals surface area contributed by atoms with Gasteiger partial charge in [-0.1, -0.05) is 0 Å². The molecule has 1 aliphatic rings. The number of thiazole rings is 1. The molecule has 2 rings (SSSR count). The third kappa shape index (κ3) is 2.81. The number of rotatable bonds is 4. The fourth-order valence-electron chi connectivity index (χ4n) is 2.30. The van der Waals surface area contributed by atoms with Gasteiger partial charge in [-0.25, -0.2) is 4.98 Å².